The van der Waals surface area contributed by atoms with Crippen molar-refractivity contribution in [2.45, 2.75) is 6.42 Å². The first-order valence-corrected chi connectivity index (χ1v) is 9.72. The van der Waals surface area contributed by atoms with Gasteiger partial charge in [0.2, 0.25) is 0 Å². The zero-order chi connectivity index (χ0) is 23.0. The van der Waals surface area contributed by atoms with Crippen molar-refractivity contribution in [3.8, 4) is 11.1 Å². The van der Waals surface area contributed by atoms with Crippen LogP contribution in [0.2, 0.25) is 0 Å². The van der Waals surface area contributed by atoms with E-state index < -0.39 is 17.5 Å². The molecular formula is C24H20F3N5. The van der Waals surface area contributed by atoms with Gasteiger partial charge in [0.15, 0.2) is 0 Å². The third-order valence-electron chi connectivity index (χ3n) is 5.25. The summed E-state index contributed by atoms with van der Waals surface area (Å²) in [5, 5.41) is 11.7. The van der Waals surface area contributed by atoms with Crippen molar-refractivity contribution in [1.82, 2.24) is 9.55 Å². The zero-order valence-electron chi connectivity index (χ0n) is 17.2. The lowest BCUT2D eigenvalue weighted by Crippen LogP contribution is -2.14. The van der Waals surface area contributed by atoms with Crippen LogP contribution >= 0.6 is 0 Å². The Kier molecular flexibility index (Phi) is 5.44. The molecule has 162 valence electrons. The molecule has 0 aliphatic heterocycles. The van der Waals surface area contributed by atoms with E-state index in [9.17, 15) is 8.78 Å². The van der Waals surface area contributed by atoms with Gasteiger partial charge in [0.25, 0.3) is 0 Å². The summed E-state index contributed by atoms with van der Waals surface area (Å²) >= 11 is 0. The molecule has 8 heteroatoms. The van der Waals surface area contributed by atoms with Gasteiger partial charge in [-0.15, -0.1) is 0 Å². The Morgan fingerprint density at radius 3 is 2.69 bits per heavy atom. The van der Waals surface area contributed by atoms with Gasteiger partial charge in [0.1, 0.15) is 29.1 Å². The van der Waals surface area contributed by atoms with Crippen molar-refractivity contribution >= 4 is 22.4 Å². The molecule has 0 radical (unpaired) electrons. The van der Waals surface area contributed by atoms with Gasteiger partial charge < -0.3 is 15.6 Å². The first-order chi connectivity index (χ1) is 15.3. The lowest BCUT2D eigenvalue weighted by atomic mass is 9.98. The number of nitrogen functional groups attached to an aromatic ring is 1. The van der Waals surface area contributed by atoms with Gasteiger partial charge in [-0.1, -0.05) is 18.7 Å². The van der Waals surface area contributed by atoms with E-state index in [4.69, 9.17) is 11.1 Å². The molecule has 32 heavy (non-hydrogen) atoms. The van der Waals surface area contributed by atoms with Gasteiger partial charge in [-0.05, 0) is 41.4 Å². The molecule has 0 bridgehead atoms. The summed E-state index contributed by atoms with van der Waals surface area (Å²) in [6.07, 6.45) is 4.59. The second-order valence-corrected chi connectivity index (χ2v) is 7.38. The molecule has 2 heterocycles. The first-order valence-electron chi connectivity index (χ1n) is 9.72. The van der Waals surface area contributed by atoms with Crippen LogP contribution in [0.5, 0.6) is 0 Å². The maximum absolute atomic E-state index is 15.5. The number of aromatic nitrogens is 2. The second-order valence-electron chi connectivity index (χ2n) is 7.38. The molecule has 0 spiro atoms. The SMILES string of the molecule is C=CNc1c(C(=N)N)c(-c2ccc3cc(Cc4cc(F)ccc4F)ncc3c2F)cn1C. The van der Waals surface area contributed by atoms with E-state index in [0.717, 1.165) is 18.2 Å². The predicted octanol–water partition coefficient (Wildman–Crippen LogP) is 5.09. The van der Waals surface area contributed by atoms with Crippen LogP contribution in [0, 0.1) is 22.9 Å². The number of amidine groups is 1. The lowest BCUT2D eigenvalue weighted by Gasteiger charge is -2.10. The Morgan fingerprint density at radius 2 is 1.97 bits per heavy atom. The molecule has 5 nitrogen and oxygen atoms in total. The van der Waals surface area contributed by atoms with E-state index in [1.54, 1.807) is 36.0 Å². The Hall–Kier alpha value is -4.07. The summed E-state index contributed by atoms with van der Waals surface area (Å²) in [7, 11) is 1.75. The molecule has 4 N–H and O–H groups in total. The third kappa shape index (κ3) is 3.71. The summed E-state index contributed by atoms with van der Waals surface area (Å²) in [6.45, 7) is 3.62. The number of rotatable bonds is 6. The first kappa shape index (κ1) is 21.2. The second kappa shape index (κ2) is 8.22. The van der Waals surface area contributed by atoms with E-state index >= 15 is 4.39 Å². The van der Waals surface area contributed by atoms with Crippen LogP contribution in [0.15, 0.2) is 61.6 Å². The highest BCUT2D eigenvalue weighted by atomic mass is 19.1. The van der Waals surface area contributed by atoms with E-state index in [2.05, 4.69) is 16.9 Å². The average Bonchev–Trinajstić information content (AvgIpc) is 3.07. The largest absolute Gasteiger partial charge is 0.384 e. The number of anilines is 1. The molecule has 0 unspecified atom stereocenters. The summed E-state index contributed by atoms with van der Waals surface area (Å²) in [5.74, 6) is -1.27. The molecule has 0 amide bonds. The van der Waals surface area contributed by atoms with E-state index in [1.807, 2.05) is 0 Å². The maximum Gasteiger partial charge on any atom is 0.140 e. The fraction of sp³-hybridized carbons (Fsp3) is 0.0833. The number of nitrogens with zero attached hydrogens (tertiary/aromatic N) is 2. The number of aryl methyl sites for hydroxylation is 1. The molecule has 4 aromatic rings. The molecule has 0 atom stereocenters. The topological polar surface area (TPSA) is 79.7 Å². The molecule has 2 aromatic heterocycles. The van der Waals surface area contributed by atoms with Crippen LogP contribution < -0.4 is 11.1 Å². The van der Waals surface area contributed by atoms with Crippen molar-refractivity contribution in [3.05, 3.63) is 95.8 Å². The number of pyridine rings is 1. The van der Waals surface area contributed by atoms with E-state index in [-0.39, 0.29) is 28.8 Å². The van der Waals surface area contributed by atoms with Gasteiger partial charge in [-0.25, -0.2) is 13.2 Å². The molecule has 0 aliphatic rings. The van der Waals surface area contributed by atoms with Gasteiger partial charge in [-0.3, -0.25) is 10.4 Å². The molecule has 0 fully saturated rings. The zero-order valence-corrected chi connectivity index (χ0v) is 17.2. The highest BCUT2D eigenvalue weighted by molar-refractivity contribution is 6.07. The van der Waals surface area contributed by atoms with E-state index in [0.29, 0.717) is 28.0 Å². The summed E-state index contributed by atoms with van der Waals surface area (Å²) in [4.78, 5) is 4.25. The van der Waals surface area contributed by atoms with Crippen molar-refractivity contribution in [1.29, 1.82) is 5.41 Å². The molecule has 4 rings (SSSR count). The van der Waals surface area contributed by atoms with Crippen molar-refractivity contribution < 1.29 is 13.2 Å². The number of halogens is 3. The maximum atomic E-state index is 15.5. The van der Waals surface area contributed by atoms with Crippen LogP contribution in [-0.4, -0.2) is 15.4 Å². The fourth-order valence-electron chi connectivity index (χ4n) is 3.78. The van der Waals surface area contributed by atoms with Crippen molar-refractivity contribution in [3.63, 3.8) is 0 Å². The Morgan fingerprint density at radius 1 is 1.19 bits per heavy atom. The smallest absolute Gasteiger partial charge is 0.140 e. The van der Waals surface area contributed by atoms with Gasteiger partial charge in [0, 0.05) is 48.1 Å². The molecule has 0 saturated heterocycles. The van der Waals surface area contributed by atoms with Gasteiger partial charge >= 0.3 is 0 Å². The summed E-state index contributed by atoms with van der Waals surface area (Å²) in [5.41, 5.74) is 7.51. The van der Waals surface area contributed by atoms with Crippen LogP contribution in [0.25, 0.3) is 21.9 Å². The highest BCUT2D eigenvalue weighted by Crippen LogP contribution is 2.35. The standard InChI is InChI=1S/C24H20F3N5/c1-3-30-24-21(23(28)29)19(12-32(24)2)17-6-4-13-9-16(31-11-18(13)22(17)27)10-14-8-15(25)5-7-20(14)26/h3-9,11-12,30H,1,10H2,2H3,(H3,28,29). The Bertz CT molecular complexity index is 1370. The monoisotopic (exact) mass is 435 g/mol. The number of nitrogens with one attached hydrogen (secondary N) is 2. The number of nitrogens with two attached hydrogens (primary N) is 1. The minimum absolute atomic E-state index is 0.0760. The number of hydrogen-bond donors (Lipinski definition) is 3. The van der Waals surface area contributed by atoms with Crippen LogP contribution in [0.3, 0.4) is 0 Å². The highest BCUT2D eigenvalue weighted by Gasteiger charge is 2.21. The van der Waals surface area contributed by atoms with Crippen LogP contribution in [0.4, 0.5) is 19.0 Å². The Balaban J connectivity index is 1.79. The normalized spacial score (nSPS) is 11.0. The Labute approximate surface area is 182 Å². The molecule has 0 saturated carbocycles. The predicted molar refractivity (Wildman–Crippen MR) is 120 cm³/mol. The number of fused-ring (bicyclic) bond motifs is 1. The fourth-order valence-corrected chi connectivity index (χ4v) is 3.78. The quantitative estimate of drug-likeness (QED) is 0.292. The molecule has 0 aliphatic carbocycles. The average molecular weight is 435 g/mol. The van der Waals surface area contributed by atoms with Gasteiger partial charge in [-0.2, -0.15) is 0 Å². The van der Waals surface area contributed by atoms with Crippen molar-refractivity contribution in [2.75, 3.05) is 5.32 Å². The molecule has 2 aromatic carbocycles. The van der Waals surface area contributed by atoms with Gasteiger partial charge in [0.05, 0.1) is 5.56 Å². The molecular weight excluding hydrogens is 415 g/mol. The van der Waals surface area contributed by atoms with Crippen molar-refractivity contribution in [2.24, 2.45) is 12.8 Å². The number of hydrogen-bond acceptors (Lipinski definition) is 3. The summed E-state index contributed by atoms with van der Waals surface area (Å²) in [6, 6.07) is 8.21. The lowest BCUT2D eigenvalue weighted by molar-refractivity contribution is 0.588. The minimum Gasteiger partial charge on any atom is -0.384 e. The van der Waals surface area contributed by atoms with Crippen LogP contribution in [0.1, 0.15) is 16.8 Å². The summed E-state index contributed by atoms with van der Waals surface area (Å²) < 4.78 is 44.6. The van der Waals surface area contributed by atoms with Crippen LogP contribution in [-0.2, 0) is 13.5 Å². The third-order valence-corrected chi connectivity index (χ3v) is 5.25. The number of benzene rings is 2. The minimum atomic E-state index is -0.535. The van der Waals surface area contributed by atoms with E-state index in [1.165, 1.54) is 12.4 Å².